The van der Waals surface area contributed by atoms with Crippen molar-refractivity contribution < 1.29 is 23.9 Å². The van der Waals surface area contributed by atoms with Crippen LogP contribution in [0.5, 0.6) is 0 Å². The summed E-state index contributed by atoms with van der Waals surface area (Å²) >= 11 is 0. The number of hydrogen-bond acceptors (Lipinski definition) is 5. The third-order valence-corrected chi connectivity index (χ3v) is 5.39. The van der Waals surface area contributed by atoms with Gasteiger partial charge in [-0.1, -0.05) is 78.1 Å². The normalized spacial score (nSPS) is 12.3. The van der Waals surface area contributed by atoms with Crippen LogP contribution in [0.3, 0.4) is 0 Å². The predicted molar refractivity (Wildman–Crippen MR) is 130 cm³/mol. The molecule has 0 radical (unpaired) electrons. The Morgan fingerprint density at radius 1 is 0.812 bits per heavy atom. The second-order valence-electron chi connectivity index (χ2n) is 9.84. The molecule has 0 heterocycles. The maximum Gasteiger partial charge on any atom is 0.407 e. The fourth-order valence-electron chi connectivity index (χ4n) is 3.36. The van der Waals surface area contributed by atoms with E-state index < -0.39 is 11.7 Å². The minimum Gasteiger partial charge on any atom is -0.466 e. The number of Topliss-reactive ketones (excluding diaryl/α,β-unsaturated/α-hetero) is 1. The Labute approximate surface area is 196 Å². The van der Waals surface area contributed by atoms with Crippen LogP contribution in [0.25, 0.3) is 0 Å². The summed E-state index contributed by atoms with van der Waals surface area (Å²) in [6.07, 6.45) is 14.5. The molecular weight excluding hydrogens is 406 g/mol. The summed E-state index contributed by atoms with van der Waals surface area (Å²) in [5.41, 5.74) is -0.557. The summed E-state index contributed by atoms with van der Waals surface area (Å²) in [6.45, 7) is 9.96. The SMILES string of the molecule is CCCCCCCCCCCCCC(=O)OCCC(C)C(=O)CCNC(=O)OC(C)(C)C. The van der Waals surface area contributed by atoms with E-state index in [0.29, 0.717) is 12.8 Å². The van der Waals surface area contributed by atoms with Gasteiger partial charge in [-0.05, 0) is 33.6 Å². The number of hydrogen-bond donors (Lipinski definition) is 1. The van der Waals surface area contributed by atoms with Crippen LogP contribution < -0.4 is 5.32 Å². The zero-order chi connectivity index (χ0) is 24.2. The molecule has 6 nitrogen and oxygen atoms in total. The molecule has 1 unspecified atom stereocenters. The molecule has 0 spiro atoms. The largest absolute Gasteiger partial charge is 0.466 e. The monoisotopic (exact) mass is 455 g/mol. The van der Waals surface area contributed by atoms with Gasteiger partial charge in [0, 0.05) is 25.3 Å². The predicted octanol–water partition coefficient (Wildman–Crippen LogP) is 6.74. The van der Waals surface area contributed by atoms with E-state index in [0.717, 1.165) is 12.8 Å². The highest BCUT2D eigenvalue weighted by Crippen LogP contribution is 2.13. The molecule has 32 heavy (non-hydrogen) atoms. The molecule has 0 saturated carbocycles. The van der Waals surface area contributed by atoms with Crippen molar-refractivity contribution in [3.05, 3.63) is 0 Å². The molecule has 0 fully saturated rings. The van der Waals surface area contributed by atoms with Gasteiger partial charge < -0.3 is 14.8 Å². The lowest BCUT2D eigenvalue weighted by Crippen LogP contribution is -2.34. The lowest BCUT2D eigenvalue weighted by Gasteiger charge is -2.19. The minimum absolute atomic E-state index is 0.0440. The number of carbonyl (C=O) groups is 3. The van der Waals surface area contributed by atoms with Gasteiger partial charge in [0.15, 0.2) is 0 Å². The second-order valence-corrected chi connectivity index (χ2v) is 9.84. The van der Waals surface area contributed by atoms with Gasteiger partial charge in [0.05, 0.1) is 6.61 Å². The lowest BCUT2D eigenvalue weighted by molar-refractivity contribution is -0.144. The van der Waals surface area contributed by atoms with Crippen molar-refractivity contribution in [3.63, 3.8) is 0 Å². The van der Waals surface area contributed by atoms with Crippen molar-refractivity contribution >= 4 is 17.8 Å². The maximum atomic E-state index is 12.1. The average molecular weight is 456 g/mol. The highest BCUT2D eigenvalue weighted by Gasteiger charge is 2.17. The zero-order valence-electron chi connectivity index (χ0n) is 21.4. The Bertz CT molecular complexity index is 513. The van der Waals surface area contributed by atoms with Gasteiger partial charge in [0.2, 0.25) is 0 Å². The standard InChI is InChI=1S/C26H49NO5/c1-6-7-8-9-10-11-12-13-14-15-16-17-24(29)31-21-19-22(2)23(28)18-20-27-25(30)32-26(3,4)5/h22H,6-21H2,1-5H3,(H,27,30). The number of unbranched alkanes of at least 4 members (excludes halogenated alkanes) is 10. The first-order chi connectivity index (χ1) is 15.2. The van der Waals surface area contributed by atoms with Gasteiger partial charge in [-0.2, -0.15) is 0 Å². The lowest BCUT2D eigenvalue weighted by atomic mass is 10.0. The molecule has 0 aromatic carbocycles. The van der Waals surface area contributed by atoms with Crippen LogP contribution in [0, 0.1) is 5.92 Å². The summed E-state index contributed by atoms with van der Waals surface area (Å²) in [5, 5.41) is 2.59. The van der Waals surface area contributed by atoms with Crippen LogP contribution in [0.4, 0.5) is 4.79 Å². The van der Waals surface area contributed by atoms with E-state index in [1.807, 2.05) is 6.92 Å². The minimum atomic E-state index is -0.557. The van der Waals surface area contributed by atoms with Crippen LogP contribution in [0.2, 0.25) is 0 Å². The van der Waals surface area contributed by atoms with Crippen molar-refractivity contribution in [1.82, 2.24) is 5.32 Å². The fraction of sp³-hybridized carbons (Fsp3) is 0.885. The topological polar surface area (TPSA) is 81.7 Å². The Morgan fingerprint density at radius 2 is 1.34 bits per heavy atom. The number of amides is 1. The molecular formula is C26H49NO5. The smallest absolute Gasteiger partial charge is 0.407 e. The maximum absolute atomic E-state index is 12.1. The highest BCUT2D eigenvalue weighted by atomic mass is 16.6. The third-order valence-electron chi connectivity index (χ3n) is 5.39. The molecule has 0 aliphatic heterocycles. The van der Waals surface area contributed by atoms with Gasteiger partial charge in [-0.25, -0.2) is 4.79 Å². The number of ether oxygens (including phenoxy) is 2. The van der Waals surface area contributed by atoms with Crippen LogP contribution in [-0.4, -0.2) is 36.6 Å². The van der Waals surface area contributed by atoms with Crippen LogP contribution in [0.1, 0.15) is 125 Å². The molecule has 188 valence electrons. The molecule has 1 N–H and O–H groups in total. The molecule has 0 aromatic rings. The number of carbonyl (C=O) groups excluding carboxylic acids is 3. The zero-order valence-corrected chi connectivity index (χ0v) is 21.4. The highest BCUT2D eigenvalue weighted by molar-refractivity contribution is 5.81. The Hall–Kier alpha value is -1.59. The Balaban J connectivity index is 3.60. The molecule has 0 bridgehead atoms. The van der Waals surface area contributed by atoms with E-state index in [1.165, 1.54) is 57.8 Å². The van der Waals surface area contributed by atoms with E-state index in [4.69, 9.17) is 9.47 Å². The van der Waals surface area contributed by atoms with Gasteiger partial charge in [-0.15, -0.1) is 0 Å². The first-order valence-electron chi connectivity index (χ1n) is 12.8. The molecule has 1 amide bonds. The summed E-state index contributed by atoms with van der Waals surface area (Å²) in [7, 11) is 0. The van der Waals surface area contributed by atoms with E-state index in [9.17, 15) is 14.4 Å². The van der Waals surface area contributed by atoms with Crippen LogP contribution >= 0.6 is 0 Å². The number of rotatable bonds is 19. The average Bonchev–Trinajstić information content (AvgIpc) is 2.70. The molecule has 0 aliphatic rings. The van der Waals surface area contributed by atoms with Gasteiger partial charge in [0.25, 0.3) is 0 Å². The first kappa shape index (κ1) is 30.4. The molecule has 6 heteroatoms. The molecule has 1 atom stereocenters. The summed E-state index contributed by atoms with van der Waals surface area (Å²) in [4.78, 5) is 35.6. The Morgan fingerprint density at radius 3 is 1.88 bits per heavy atom. The van der Waals surface area contributed by atoms with Gasteiger partial charge in [-0.3, -0.25) is 9.59 Å². The molecule has 0 rings (SSSR count). The third kappa shape index (κ3) is 20.3. The molecule has 0 aliphatic carbocycles. The van der Waals surface area contributed by atoms with E-state index in [-0.39, 0.29) is 37.2 Å². The van der Waals surface area contributed by atoms with Gasteiger partial charge >= 0.3 is 12.1 Å². The summed E-state index contributed by atoms with van der Waals surface area (Å²) in [5.74, 6) is -0.333. The first-order valence-corrected chi connectivity index (χ1v) is 12.8. The van der Waals surface area contributed by atoms with Crippen molar-refractivity contribution in [1.29, 1.82) is 0 Å². The summed E-state index contributed by atoms with van der Waals surface area (Å²) < 4.78 is 10.4. The number of alkyl carbamates (subject to hydrolysis) is 1. The summed E-state index contributed by atoms with van der Waals surface area (Å²) in [6, 6.07) is 0. The number of nitrogens with one attached hydrogen (secondary N) is 1. The van der Waals surface area contributed by atoms with Crippen LogP contribution in [-0.2, 0) is 19.1 Å². The van der Waals surface area contributed by atoms with Crippen molar-refractivity contribution in [2.45, 2.75) is 130 Å². The molecule has 0 saturated heterocycles. The number of ketones is 1. The second kappa shape index (κ2) is 18.9. The fourth-order valence-corrected chi connectivity index (χ4v) is 3.36. The molecule has 0 aromatic heterocycles. The number of esters is 1. The van der Waals surface area contributed by atoms with Crippen molar-refractivity contribution in [3.8, 4) is 0 Å². The van der Waals surface area contributed by atoms with Crippen molar-refractivity contribution in [2.24, 2.45) is 5.92 Å². The van der Waals surface area contributed by atoms with E-state index in [1.54, 1.807) is 20.8 Å². The van der Waals surface area contributed by atoms with E-state index in [2.05, 4.69) is 12.2 Å². The van der Waals surface area contributed by atoms with Crippen LogP contribution in [0.15, 0.2) is 0 Å². The Kier molecular flexibility index (Phi) is 18.0. The quantitative estimate of drug-likeness (QED) is 0.172. The van der Waals surface area contributed by atoms with Crippen molar-refractivity contribution in [2.75, 3.05) is 13.2 Å². The van der Waals surface area contributed by atoms with E-state index >= 15 is 0 Å². The van der Waals surface area contributed by atoms with Gasteiger partial charge in [0.1, 0.15) is 11.4 Å².